The summed E-state index contributed by atoms with van der Waals surface area (Å²) in [6.07, 6.45) is 2.60. The number of methoxy groups -OCH3 is 1. The highest BCUT2D eigenvalue weighted by Crippen LogP contribution is 2.29. The minimum absolute atomic E-state index is 0.0148. The lowest BCUT2D eigenvalue weighted by atomic mass is 10.1. The monoisotopic (exact) mass is 421 g/mol. The minimum Gasteiger partial charge on any atom is -0.496 e. The maximum Gasteiger partial charge on any atom is 0.261 e. The number of para-hydroxylation sites is 1. The largest absolute Gasteiger partial charge is 0.496 e. The van der Waals surface area contributed by atoms with Gasteiger partial charge in [0.1, 0.15) is 11.6 Å². The summed E-state index contributed by atoms with van der Waals surface area (Å²) < 4.78 is 10.9. The van der Waals surface area contributed by atoms with Crippen molar-refractivity contribution in [3.8, 4) is 17.2 Å². The first kappa shape index (κ1) is 20.8. The van der Waals surface area contributed by atoms with E-state index in [2.05, 4.69) is 20.0 Å². The van der Waals surface area contributed by atoms with Gasteiger partial charge in [0.2, 0.25) is 0 Å². The fourth-order valence-electron chi connectivity index (χ4n) is 3.72. The number of benzene rings is 1. The molecule has 0 bridgehead atoms. The number of carbonyl (C=O) groups is 1. The van der Waals surface area contributed by atoms with Gasteiger partial charge in [-0.25, -0.2) is 4.98 Å². The zero-order valence-electron chi connectivity index (χ0n) is 18.1. The van der Waals surface area contributed by atoms with Crippen molar-refractivity contribution in [3.05, 3.63) is 54.0 Å². The summed E-state index contributed by atoms with van der Waals surface area (Å²) in [5, 5.41) is 4.08. The molecule has 162 valence electrons. The van der Waals surface area contributed by atoms with Crippen LogP contribution < -0.4 is 9.64 Å². The van der Waals surface area contributed by atoms with E-state index < -0.39 is 0 Å². The lowest BCUT2D eigenvalue weighted by Gasteiger charge is -2.24. The number of hydrogen-bond acceptors (Lipinski definition) is 7. The van der Waals surface area contributed by atoms with Crippen LogP contribution in [0.5, 0.6) is 5.75 Å². The van der Waals surface area contributed by atoms with Crippen molar-refractivity contribution in [1.82, 2.24) is 20.0 Å². The van der Waals surface area contributed by atoms with Gasteiger partial charge in [-0.15, -0.1) is 0 Å². The van der Waals surface area contributed by atoms with Crippen molar-refractivity contribution in [2.24, 2.45) is 0 Å². The number of ether oxygens (including phenoxy) is 1. The van der Waals surface area contributed by atoms with Gasteiger partial charge in [0.15, 0.2) is 5.82 Å². The number of anilines is 1. The molecule has 0 spiro atoms. The van der Waals surface area contributed by atoms with Crippen molar-refractivity contribution < 1.29 is 14.1 Å². The number of amides is 1. The van der Waals surface area contributed by atoms with Crippen LogP contribution in [-0.2, 0) is 0 Å². The van der Waals surface area contributed by atoms with Gasteiger partial charge in [-0.3, -0.25) is 4.79 Å². The van der Waals surface area contributed by atoms with Crippen molar-refractivity contribution in [1.29, 1.82) is 0 Å². The fraction of sp³-hybridized carbons (Fsp3) is 0.391. The number of rotatable bonds is 5. The van der Waals surface area contributed by atoms with E-state index in [0.29, 0.717) is 42.7 Å². The Kier molecular flexibility index (Phi) is 6.16. The third kappa shape index (κ3) is 4.38. The lowest BCUT2D eigenvalue weighted by molar-refractivity contribution is 0.0763. The second-order valence-electron chi connectivity index (χ2n) is 7.82. The quantitative estimate of drug-likeness (QED) is 0.622. The summed E-state index contributed by atoms with van der Waals surface area (Å²) >= 11 is 0. The van der Waals surface area contributed by atoms with Crippen LogP contribution in [0.2, 0.25) is 0 Å². The Bertz CT molecular complexity index is 1050. The van der Waals surface area contributed by atoms with Gasteiger partial charge in [0.25, 0.3) is 11.8 Å². The van der Waals surface area contributed by atoms with Gasteiger partial charge in [-0.1, -0.05) is 31.1 Å². The second-order valence-corrected chi connectivity index (χ2v) is 7.82. The number of nitrogens with zero attached hydrogens (tertiary/aromatic N) is 5. The Balaban J connectivity index is 1.54. The molecule has 1 saturated heterocycles. The van der Waals surface area contributed by atoms with E-state index in [1.54, 1.807) is 13.3 Å². The van der Waals surface area contributed by atoms with Gasteiger partial charge in [0, 0.05) is 38.3 Å². The van der Waals surface area contributed by atoms with Crippen molar-refractivity contribution in [3.63, 3.8) is 0 Å². The Hall–Kier alpha value is -3.42. The SMILES string of the molecule is COc1ccccc1C(=O)N1CCCN(c2ncccc2-c2nc(C(C)C)no2)CC1. The summed E-state index contributed by atoms with van der Waals surface area (Å²) in [6, 6.07) is 11.2. The molecule has 3 aromatic rings. The van der Waals surface area contributed by atoms with E-state index >= 15 is 0 Å². The second kappa shape index (κ2) is 9.16. The molecule has 0 radical (unpaired) electrons. The molecule has 1 aromatic carbocycles. The predicted molar refractivity (Wildman–Crippen MR) is 117 cm³/mol. The van der Waals surface area contributed by atoms with E-state index in [1.807, 2.05) is 55.1 Å². The molecule has 8 heteroatoms. The standard InChI is InChI=1S/C23H27N5O3/c1-16(2)20-25-22(31-26-20)18-9-6-11-24-21(18)27-12-7-13-28(15-14-27)23(29)17-8-4-5-10-19(17)30-3/h4-6,8-11,16H,7,12-15H2,1-3H3. The molecule has 3 heterocycles. The maximum absolute atomic E-state index is 13.1. The molecule has 1 aliphatic heterocycles. The molecule has 1 amide bonds. The summed E-state index contributed by atoms with van der Waals surface area (Å²) in [6.45, 7) is 6.77. The average Bonchev–Trinajstić information content (AvgIpc) is 3.17. The van der Waals surface area contributed by atoms with Crippen LogP contribution in [0.15, 0.2) is 47.1 Å². The molecular formula is C23H27N5O3. The topological polar surface area (TPSA) is 84.6 Å². The highest BCUT2D eigenvalue weighted by atomic mass is 16.5. The van der Waals surface area contributed by atoms with Crippen LogP contribution in [0.1, 0.15) is 42.4 Å². The molecule has 8 nitrogen and oxygen atoms in total. The number of carbonyl (C=O) groups excluding carboxylic acids is 1. The predicted octanol–water partition coefficient (Wildman–Crippen LogP) is 3.62. The number of pyridine rings is 1. The smallest absolute Gasteiger partial charge is 0.261 e. The summed E-state index contributed by atoms with van der Waals surface area (Å²) in [5.74, 6) is 2.71. The first-order chi connectivity index (χ1) is 15.1. The molecule has 0 N–H and O–H groups in total. The zero-order valence-corrected chi connectivity index (χ0v) is 18.1. The summed E-state index contributed by atoms with van der Waals surface area (Å²) in [7, 11) is 1.58. The van der Waals surface area contributed by atoms with E-state index in [4.69, 9.17) is 9.26 Å². The number of hydrogen-bond donors (Lipinski definition) is 0. The van der Waals surface area contributed by atoms with Gasteiger partial charge < -0.3 is 19.1 Å². The highest BCUT2D eigenvalue weighted by Gasteiger charge is 2.25. The van der Waals surface area contributed by atoms with Crippen molar-refractivity contribution >= 4 is 11.7 Å². The van der Waals surface area contributed by atoms with E-state index in [9.17, 15) is 4.79 Å². The minimum atomic E-state index is -0.0148. The molecule has 1 aliphatic rings. The fourth-order valence-corrected chi connectivity index (χ4v) is 3.72. The average molecular weight is 422 g/mol. The molecular weight excluding hydrogens is 394 g/mol. The molecule has 4 rings (SSSR count). The van der Waals surface area contributed by atoms with Crippen LogP contribution in [-0.4, -0.2) is 59.2 Å². The molecule has 2 aromatic heterocycles. The van der Waals surface area contributed by atoms with Gasteiger partial charge in [-0.2, -0.15) is 4.98 Å². The van der Waals surface area contributed by atoms with Crippen LogP contribution in [0.3, 0.4) is 0 Å². The van der Waals surface area contributed by atoms with Crippen molar-refractivity contribution in [2.45, 2.75) is 26.2 Å². The van der Waals surface area contributed by atoms with Crippen LogP contribution in [0.25, 0.3) is 11.5 Å². The normalized spacial score (nSPS) is 14.6. The molecule has 1 fully saturated rings. The summed E-state index contributed by atoms with van der Waals surface area (Å²) in [5.41, 5.74) is 1.40. The molecule has 0 atom stereocenters. The number of aromatic nitrogens is 3. The van der Waals surface area contributed by atoms with Crippen LogP contribution in [0, 0.1) is 0 Å². The Labute approximate surface area is 181 Å². The van der Waals surface area contributed by atoms with Crippen LogP contribution >= 0.6 is 0 Å². The van der Waals surface area contributed by atoms with E-state index in [1.165, 1.54) is 0 Å². The first-order valence-electron chi connectivity index (χ1n) is 10.5. The van der Waals surface area contributed by atoms with Crippen LogP contribution in [0.4, 0.5) is 5.82 Å². The molecule has 0 aliphatic carbocycles. The van der Waals surface area contributed by atoms with Gasteiger partial charge >= 0.3 is 0 Å². The van der Waals surface area contributed by atoms with E-state index in [-0.39, 0.29) is 11.8 Å². The summed E-state index contributed by atoms with van der Waals surface area (Å²) in [4.78, 5) is 26.3. The first-order valence-corrected chi connectivity index (χ1v) is 10.5. The molecule has 31 heavy (non-hydrogen) atoms. The van der Waals surface area contributed by atoms with E-state index in [0.717, 1.165) is 24.3 Å². The van der Waals surface area contributed by atoms with Crippen molar-refractivity contribution in [2.75, 3.05) is 38.2 Å². The third-order valence-electron chi connectivity index (χ3n) is 5.40. The molecule has 0 unspecified atom stereocenters. The Morgan fingerprint density at radius 1 is 1.10 bits per heavy atom. The van der Waals surface area contributed by atoms with Gasteiger partial charge in [-0.05, 0) is 30.7 Å². The zero-order chi connectivity index (χ0) is 21.8. The lowest BCUT2D eigenvalue weighted by Crippen LogP contribution is -2.35. The Morgan fingerprint density at radius 2 is 1.94 bits per heavy atom. The Morgan fingerprint density at radius 3 is 2.71 bits per heavy atom. The third-order valence-corrected chi connectivity index (χ3v) is 5.40. The van der Waals surface area contributed by atoms with Gasteiger partial charge in [0.05, 0.1) is 18.2 Å². The maximum atomic E-state index is 13.1. The highest BCUT2D eigenvalue weighted by molar-refractivity contribution is 5.97. The molecule has 0 saturated carbocycles.